The molecule has 0 aliphatic carbocycles. The van der Waals surface area contributed by atoms with Gasteiger partial charge in [0, 0.05) is 37.4 Å². The van der Waals surface area contributed by atoms with E-state index >= 15 is 0 Å². The molecule has 0 amide bonds. The minimum absolute atomic E-state index is 0. The Bertz CT molecular complexity index is 3600. The standard InChI is InChI=1S/C48H43N2OSi.C15H16N.Ir/c1-29(2)39-26-35(52(5,6)7)27-40(30(3)4)46(39)50-44-25-33(31-14-9-8-10-15-31)22-23-43(44)49-48(50)38-19-13-18-37-42-24-34-21-20-32-16-11-12-17-36(32)41(34)28-45(42)51-47(37)38;1-15(2,3)13-9-10-14(16-11-13)12-7-5-4-6-8-12;/h8-18,20-30H,1-7H3;4-7,9-11H,1-3H3;/q2*-1;. The third-order valence-electron chi connectivity index (χ3n) is 13.4. The van der Waals surface area contributed by atoms with Gasteiger partial charge < -0.3 is 14.0 Å². The maximum Gasteiger partial charge on any atom is 0.121 e. The van der Waals surface area contributed by atoms with Crippen molar-refractivity contribution in [2.45, 2.75) is 85.4 Å². The van der Waals surface area contributed by atoms with E-state index in [-0.39, 0.29) is 25.5 Å². The monoisotopic (exact) mass is 1090 g/mol. The van der Waals surface area contributed by atoms with Gasteiger partial charge in [-0.3, -0.25) is 4.98 Å². The molecule has 69 heavy (non-hydrogen) atoms. The van der Waals surface area contributed by atoms with Gasteiger partial charge in [-0.25, -0.2) is 0 Å². The first-order chi connectivity index (χ1) is 32.6. The molecule has 0 saturated heterocycles. The quantitative estimate of drug-likeness (QED) is 0.0907. The van der Waals surface area contributed by atoms with Gasteiger partial charge in [0.15, 0.2) is 0 Å². The van der Waals surface area contributed by atoms with E-state index in [0.29, 0.717) is 11.8 Å². The van der Waals surface area contributed by atoms with Crippen LogP contribution in [0.15, 0.2) is 168 Å². The predicted octanol–water partition coefficient (Wildman–Crippen LogP) is 17.0. The molecule has 11 aromatic rings. The van der Waals surface area contributed by atoms with Gasteiger partial charge in [-0.1, -0.05) is 181 Å². The number of aromatic nitrogens is 3. The van der Waals surface area contributed by atoms with Crippen molar-refractivity contribution in [1.29, 1.82) is 0 Å². The van der Waals surface area contributed by atoms with E-state index in [2.05, 4.69) is 217 Å². The Hall–Kier alpha value is -6.43. The Kier molecular flexibility index (Phi) is 13.0. The molecule has 0 aliphatic heterocycles. The van der Waals surface area contributed by atoms with Crippen LogP contribution >= 0.6 is 0 Å². The van der Waals surface area contributed by atoms with Gasteiger partial charge in [0.05, 0.1) is 30.5 Å². The number of pyridine rings is 1. The van der Waals surface area contributed by atoms with Gasteiger partial charge in [0.1, 0.15) is 5.58 Å². The molecule has 0 N–H and O–H groups in total. The van der Waals surface area contributed by atoms with Crippen molar-refractivity contribution in [1.82, 2.24) is 14.5 Å². The average molecular weight is 1090 g/mol. The molecular formula is C63H59IrN3OSi-2. The van der Waals surface area contributed by atoms with E-state index in [1.807, 2.05) is 36.5 Å². The topological polar surface area (TPSA) is 43.9 Å². The number of hydrogen-bond donors (Lipinski definition) is 0. The maximum absolute atomic E-state index is 6.92. The zero-order chi connectivity index (χ0) is 47.5. The van der Waals surface area contributed by atoms with Crippen molar-refractivity contribution >= 4 is 67.8 Å². The van der Waals surface area contributed by atoms with Crippen molar-refractivity contribution < 1.29 is 24.5 Å². The van der Waals surface area contributed by atoms with Crippen LogP contribution in [0.3, 0.4) is 0 Å². The molecule has 3 heterocycles. The number of fused-ring (bicyclic) bond motifs is 7. The fourth-order valence-corrected chi connectivity index (χ4v) is 10.7. The fraction of sp³-hybridized carbons (Fsp3) is 0.206. The summed E-state index contributed by atoms with van der Waals surface area (Å²) < 4.78 is 9.35. The molecule has 11 rings (SSSR count). The van der Waals surface area contributed by atoms with Crippen LogP contribution in [0, 0.1) is 12.1 Å². The molecule has 3 aromatic heterocycles. The number of benzene rings is 8. The number of furan rings is 1. The average Bonchev–Trinajstić information content (AvgIpc) is 3.91. The zero-order valence-corrected chi connectivity index (χ0v) is 44.7. The molecule has 347 valence electrons. The third-order valence-corrected chi connectivity index (χ3v) is 15.4. The smallest absolute Gasteiger partial charge is 0.121 e. The van der Waals surface area contributed by atoms with Crippen molar-refractivity contribution in [3.8, 4) is 39.5 Å². The van der Waals surface area contributed by atoms with Crippen LogP contribution < -0.4 is 5.19 Å². The van der Waals surface area contributed by atoms with E-state index in [1.54, 1.807) is 0 Å². The van der Waals surface area contributed by atoms with Crippen molar-refractivity contribution in [3.05, 3.63) is 193 Å². The van der Waals surface area contributed by atoms with Crippen LogP contribution in [-0.4, -0.2) is 22.6 Å². The molecule has 1 radical (unpaired) electrons. The largest absolute Gasteiger partial charge is 0.501 e. The first-order valence-corrected chi connectivity index (χ1v) is 27.5. The first-order valence-electron chi connectivity index (χ1n) is 24.0. The summed E-state index contributed by atoms with van der Waals surface area (Å²) in [5, 5.41) is 8.53. The summed E-state index contributed by atoms with van der Waals surface area (Å²) >= 11 is 0. The van der Waals surface area contributed by atoms with Crippen LogP contribution in [0.25, 0.3) is 94.0 Å². The molecule has 0 fully saturated rings. The van der Waals surface area contributed by atoms with E-state index in [1.165, 1.54) is 60.2 Å². The third kappa shape index (κ3) is 9.14. The Balaban J connectivity index is 0.000000296. The van der Waals surface area contributed by atoms with Gasteiger partial charge in [-0.15, -0.1) is 54.1 Å². The van der Waals surface area contributed by atoms with Crippen LogP contribution in [0.5, 0.6) is 0 Å². The van der Waals surface area contributed by atoms with Crippen LogP contribution in [0.2, 0.25) is 19.6 Å². The molecule has 0 unspecified atom stereocenters. The summed E-state index contributed by atoms with van der Waals surface area (Å²) in [6.45, 7) is 23.2. The summed E-state index contributed by atoms with van der Waals surface area (Å²) in [4.78, 5) is 9.95. The Labute approximate surface area is 421 Å². The molecule has 0 atom stereocenters. The predicted molar refractivity (Wildman–Crippen MR) is 291 cm³/mol. The van der Waals surface area contributed by atoms with E-state index in [0.717, 1.165) is 55.6 Å². The molecule has 6 heteroatoms. The van der Waals surface area contributed by atoms with Crippen LogP contribution in [0.1, 0.15) is 77.0 Å². The summed E-state index contributed by atoms with van der Waals surface area (Å²) in [6, 6.07) is 62.9. The van der Waals surface area contributed by atoms with E-state index in [9.17, 15) is 0 Å². The number of hydrogen-bond acceptors (Lipinski definition) is 3. The van der Waals surface area contributed by atoms with Gasteiger partial charge in [0.2, 0.25) is 0 Å². The summed E-state index contributed by atoms with van der Waals surface area (Å²) in [5.74, 6) is 1.46. The fourth-order valence-electron chi connectivity index (χ4n) is 9.49. The Morgan fingerprint density at radius 2 is 1.32 bits per heavy atom. The number of rotatable bonds is 7. The molecule has 8 aromatic carbocycles. The molecular weight excluding hydrogens is 1040 g/mol. The van der Waals surface area contributed by atoms with E-state index < -0.39 is 8.07 Å². The van der Waals surface area contributed by atoms with Crippen molar-refractivity contribution in [2.24, 2.45) is 0 Å². The maximum atomic E-state index is 6.92. The number of imidazole rings is 1. The van der Waals surface area contributed by atoms with E-state index in [4.69, 9.17) is 9.40 Å². The van der Waals surface area contributed by atoms with Gasteiger partial charge in [0.25, 0.3) is 0 Å². The minimum Gasteiger partial charge on any atom is -0.501 e. The minimum atomic E-state index is -1.62. The summed E-state index contributed by atoms with van der Waals surface area (Å²) in [6.07, 6.45) is 1.95. The zero-order valence-electron chi connectivity index (χ0n) is 41.3. The molecule has 0 aliphatic rings. The second-order valence-corrected chi connectivity index (χ2v) is 26.0. The van der Waals surface area contributed by atoms with Gasteiger partial charge >= 0.3 is 0 Å². The SMILES string of the molecule is CC(C)(C)c1ccc(-c2[c-]cccc2)nc1.CC(C)c1cc([Si](C)(C)C)cc(C(C)C)c1-n1c(-c2[c-]ccc3c2oc2cc4c(ccc5ccccc54)cc23)nc2ccc(-c3ccccc3)cc21.[Ir]. The second-order valence-electron chi connectivity index (χ2n) is 20.9. The van der Waals surface area contributed by atoms with Gasteiger partial charge in [-0.05, 0) is 96.6 Å². The first kappa shape index (κ1) is 47.6. The van der Waals surface area contributed by atoms with Crippen molar-refractivity contribution in [3.63, 3.8) is 0 Å². The molecule has 0 bridgehead atoms. The Morgan fingerprint density at radius 3 is 1.99 bits per heavy atom. The molecule has 0 spiro atoms. The summed E-state index contributed by atoms with van der Waals surface area (Å²) in [5.41, 5.74) is 14.3. The van der Waals surface area contributed by atoms with Crippen molar-refractivity contribution in [2.75, 3.05) is 0 Å². The van der Waals surface area contributed by atoms with Crippen LogP contribution in [0.4, 0.5) is 0 Å². The Morgan fingerprint density at radius 1 is 0.609 bits per heavy atom. The van der Waals surface area contributed by atoms with Crippen LogP contribution in [-0.2, 0) is 25.5 Å². The second kappa shape index (κ2) is 18.8. The molecule has 0 saturated carbocycles. The number of nitrogens with zero attached hydrogens (tertiary/aromatic N) is 3. The van der Waals surface area contributed by atoms with Gasteiger partial charge in [-0.2, -0.15) is 0 Å². The normalized spacial score (nSPS) is 12.1. The summed E-state index contributed by atoms with van der Waals surface area (Å²) in [7, 11) is -1.62. The molecule has 4 nitrogen and oxygen atoms in total.